The third-order valence-corrected chi connectivity index (χ3v) is 5.76. The van der Waals surface area contributed by atoms with E-state index < -0.39 is 0 Å². The topological polar surface area (TPSA) is 20.3 Å². The molecule has 0 saturated heterocycles. The molecule has 0 heterocycles. The Morgan fingerprint density at radius 2 is 1.78 bits per heavy atom. The molecule has 1 aromatic carbocycles. The lowest BCUT2D eigenvalue weighted by molar-refractivity contribution is -0.113. The number of benzene rings is 1. The van der Waals surface area contributed by atoms with Crippen molar-refractivity contribution in [2.75, 3.05) is 25.4 Å². The van der Waals surface area contributed by atoms with Gasteiger partial charge in [0, 0.05) is 12.3 Å². The fourth-order valence-corrected chi connectivity index (χ4v) is 4.52. The number of hydrogen-bond donors (Lipinski definition) is 0. The van der Waals surface area contributed by atoms with Crippen LogP contribution in [-0.2, 0) is 4.79 Å². The number of nitrogens with zero attached hydrogens (tertiary/aromatic N) is 1. The van der Waals surface area contributed by atoms with Gasteiger partial charge in [-0.05, 0) is 37.4 Å². The molecule has 1 aliphatic carbocycles. The molecular weight excluding hydrogens is 326 g/mol. The smallest absolute Gasteiger partial charge is 0.196 e. The summed E-state index contributed by atoms with van der Waals surface area (Å²) in [6.45, 7) is 7.50. The van der Waals surface area contributed by atoms with Crippen molar-refractivity contribution in [2.24, 2.45) is 5.92 Å². The first-order valence-corrected chi connectivity index (χ1v) is 9.68. The molecule has 0 spiro atoms. The maximum absolute atomic E-state index is 12.8. The van der Waals surface area contributed by atoms with Crippen molar-refractivity contribution in [3.8, 4) is 0 Å². The van der Waals surface area contributed by atoms with Crippen molar-refractivity contribution in [3.05, 3.63) is 35.9 Å². The minimum atomic E-state index is 0. The first-order valence-electron chi connectivity index (χ1n) is 8.70. The van der Waals surface area contributed by atoms with Crippen LogP contribution in [0.1, 0.15) is 51.0 Å². The van der Waals surface area contributed by atoms with E-state index in [1.54, 1.807) is 11.8 Å². The van der Waals surface area contributed by atoms with E-state index in [-0.39, 0.29) is 18.3 Å². The molecule has 4 heteroatoms. The van der Waals surface area contributed by atoms with Gasteiger partial charge < -0.3 is 4.90 Å². The average Bonchev–Trinajstić information content (AvgIpc) is 3.07. The summed E-state index contributed by atoms with van der Waals surface area (Å²) in [7, 11) is 0. The molecule has 0 bridgehead atoms. The Morgan fingerprint density at radius 3 is 2.35 bits per heavy atom. The number of thioether (sulfide) groups is 1. The predicted molar refractivity (Wildman–Crippen MR) is 104 cm³/mol. The molecule has 1 aromatic rings. The normalized spacial score (nSPS) is 16.3. The molecular formula is C19H30ClNOS. The van der Waals surface area contributed by atoms with Gasteiger partial charge >= 0.3 is 0 Å². The average molecular weight is 356 g/mol. The molecule has 0 aliphatic heterocycles. The van der Waals surface area contributed by atoms with Crippen LogP contribution in [0.5, 0.6) is 0 Å². The third kappa shape index (κ3) is 6.13. The summed E-state index contributed by atoms with van der Waals surface area (Å²) in [6.07, 6.45) is 4.99. The molecule has 2 nitrogen and oxygen atoms in total. The molecule has 1 fully saturated rings. The molecule has 0 N–H and O–H groups in total. The fourth-order valence-electron chi connectivity index (χ4n) is 3.46. The highest BCUT2D eigenvalue weighted by Gasteiger charge is 2.31. The van der Waals surface area contributed by atoms with Gasteiger partial charge in [-0.3, -0.25) is 4.79 Å². The van der Waals surface area contributed by atoms with Gasteiger partial charge in [0.25, 0.3) is 0 Å². The minimum Gasteiger partial charge on any atom is -0.303 e. The SMILES string of the molecule is CCN(CC)CCSC(=O)C(c1ccccc1)C1CCCC1.Cl. The molecule has 1 atom stereocenters. The van der Waals surface area contributed by atoms with E-state index in [0.29, 0.717) is 11.0 Å². The van der Waals surface area contributed by atoms with Gasteiger partial charge in [-0.1, -0.05) is 68.8 Å². The maximum atomic E-state index is 12.8. The van der Waals surface area contributed by atoms with Crippen LogP contribution >= 0.6 is 24.2 Å². The van der Waals surface area contributed by atoms with Gasteiger partial charge in [-0.2, -0.15) is 0 Å². The monoisotopic (exact) mass is 355 g/mol. The Morgan fingerprint density at radius 1 is 1.17 bits per heavy atom. The van der Waals surface area contributed by atoms with Gasteiger partial charge in [0.2, 0.25) is 0 Å². The maximum Gasteiger partial charge on any atom is 0.196 e. The highest BCUT2D eigenvalue weighted by Crippen LogP contribution is 2.39. The molecule has 1 aliphatic rings. The summed E-state index contributed by atoms with van der Waals surface area (Å²) < 4.78 is 0. The Labute approximate surface area is 151 Å². The van der Waals surface area contributed by atoms with Crippen molar-refractivity contribution in [2.45, 2.75) is 45.4 Å². The summed E-state index contributed by atoms with van der Waals surface area (Å²) in [6, 6.07) is 10.4. The Kier molecular flexibility index (Phi) is 9.92. The third-order valence-electron chi connectivity index (χ3n) is 4.83. The van der Waals surface area contributed by atoms with E-state index >= 15 is 0 Å². The van der Waals surface area contributed by atoms with Crippen LogP contribution in [0.2, 0.25) is 0 Å². The second-order valence-corrected chi connectivity index (χ2v) is 7.23. The zero-order valence-electron chi connectivity index (χ0n) is 14.4. The first kappa shape index (κ1) is 20.5. The minimum absolute atomic E-state index is 0. The summed E-state index contributed by atoms with van der Waals surface area (Å²) in [4.78, 5) is 15.2. The van der Waals surface area contributed by atoms with Crippen LogP contribution in [0.15, 0.2) is 30.3 Å². The molecule has 130 valence electrons. The van der Waals surface area contributed by atoms with Crippen LogP contribution in [0.4, 0.5) is 0 Å². The summed E-state index contributed by atoms with van der Waals surface area (Å²) in [5.74, 6) is 1.57. The second kappa shape index (κ2) is 11.1. The fraction of sp³-hybridized carbons (Fsp3) is 0.632. The van der Waals surface area contributed by atoms with Gasteiger partial charge in [-0.25, -0.2) is 0 Å². The van der Waals surface area contributed by atoms with Crippen molar-refractivity contribution in [3.63, 3.8) is 0 Å². The second-order valence-electron chi connectivity index (χ2n) is 6.13. The Hall–Kier alpha value is -0.510. The van der Waals surface area contributed by atoms with E-state index in [0.717, 1.165) is 25.4 Å². The van der Waals surface area contributed by atoms with Crippen LogP contribution in [-0.4, -0.2) is 35.4 Å². The Balaban J connectivity index is 0.00000264. The summed E-state index contributed by atoms with van der Waals surface area (Å²) in [5.41, 5.74) is 1.22. The molecule has 2 rings (SSSR count). The van der Waals surface area contributed by atoms with Gasteiger partial charge in [0.15, 0.2) is 5.12 Å². The largest absolute Gasteiger partial charge is 0.303 e. The quantitative estimate of drug-likeness (QED) is 0.655. The van der Waals surface area contributed by atoms with E-state index in [2.05, 4.69) is 43.0 Å². The van der Waals surface area contributed by atoms with Crippen molar-refractivity contribution >= 4 is 29.3 Å². The number of hydrogen-bond acceptors (Lipinski definition) is 3. The zero-order chi connectivity index (χ0) is 15.8. The number of carbonyl (C=O) groups excluding carboxylic acids is 1. The van der Waals surface area contributed by atoms with E-state index in [9.17, 15) is 4.79 Å². The van der Waals surface area contributed by atoms with E-state index in [1.807, 2.05) is 6.07 Å². The zero-order valence-corrected chi connectivity index (χ0v) is 16.0. The van der Waals surface area contributed by atoms with Gasteiger partial charge in [0.1, 0.15) is 0 Å². The van der Waals surface area contributed by atoms with Gasteiger partial charge in [-0.15, -0.1) is 12.4 Å². The van der Waals surface area contributed by atoms with Crippen molar-refractivity contribution in [1.29, 1.82) is 0 Å². The number of carbonyl (C=O) groups is 1. The van der Waals surface area contributed by atoms with Crippen LogP contribution < -0.4 is 0 Å². The van der Waals surface area contributed by atoms with Crippen LogP contribution in [0.25, 0.3) is 0 Å². The van der Waals surface area contributed by atoms with Gasteiger partial charge in [0.05, 0.1) is 5.92 Å². The number of halogens is 1. The molecule has 0 radical (unpaired) electrons. The first-order chi connectivity index (χ1) is 10.8. The lowest BCUT2D eigenvalue weighted by Gasteiger charge is -2.23. The van der Waals surface area contributed by atoms with Crippen LogP contribution in [0.3, 0.4) is 0 Å². The highest BCUT2D eigenvalue weighted by atomic mass is 35.5. The molecule has 1 saturated carbocycles. The lowest BCUT2D eigenvalue weighted by atomic mass is 9.86. The van der Waals surface area contributed by atoms with E-state index in [1.165, 1.54) is 31.2 Å². The highest BCUT2D eigenvalue weighted by molar-refractivity contribution is 8.13. The van der Waals surface area contributed by atoms with Crippen molar-refractivity contribution in [1.82, 2.24) is 4.90 Å². The summed E-state index contributed by atoms with van der Waals surface area (Å²) >= 11 is 1.54. The molecule has 23 heavy (non-hydrogen) atoms. The lowest BCUT2D eigenvalue weighted by Crippen LogP contribution is -2.26. The Bertz CT molecular complexity index is 444. The number of rotatable bonds is 8. The van der Waals surface area contributed by atoms with Crippen LogP contribution in [0, 0.1) is 5.92 Å². The molecule has 1 unspecified atom stereocenters. The predicted octanol–water partition coefficient (Wildman–Crippen LogP) is 4.98. The summed E-state index contributed by atoms with van der Waals surface area (Å²) in [5, 5.41) is 0.380. The molecule has 0 aromatic heterocycles. The van der Waals surface area contributed by atoms with E-state index in [4.69, 9.17) is 0 Å². The molecule has 0 amide bonds. The van der Waals surface area contributed by atoms with Crippen molar-refractivity contribution < 1.29 is 4.79 Å². The standard InChI is InChI=1S/C19H29NOS.ClH/c1-3-20(4-2)14-15-22-19(21)18(17-12-8-9-13-17)16-10-6-5-7-11-16;/h5-7,10-11,17-18H,3-4,8-9,12-15H2,1-2H3;1H.